The van der Waals surface area contributed by atoms with E-state index in [2.05, 4.69) is 23.5 Å². The number of aryl methyl sites for hydroxylation is 1. The normalized spacial score (nSPS) is 13.6. The molecular weight excluding hydrogens is 258 g/mol. The summed E-state index contributed by atoms with van der Waals surface area (Å²) in [5.74, 6) is 0.868. The molecule has 0 spiro atoms. The van der Waals surface area contributed by atoms with E-state index in [-0.39, 0.29) is 0 Å². The summed E-state index contributed by atoms with van der Waals surface area (Å²) in [5.41, 5.74) is 4.86. The average molecular weight is 274 g/mol. The van der Waals surface area contributed by atoms with Gasteiger partial charge in [0.2, 0.25) is 0 Å². The van der Waals surface area contributed by atoms with Gasteiger partial charge in [0, 0.05) is 22.8 Å². The van der Waals surface area contributed by atoms with Gasteiger partial charge in [-0.25, -0.2) is 0 Å². The molecule has 0 bridgehead atoms. The van der Waals surface area contributed by atoms with E-state index in [9.17, 15) is 0 Å². The predicted octanol–water partition coefficient (Wildman–Crippen LogP) is 4.37. The lowest BCUT2D eigenvalue weighted by molar-refractivity contribution is 0.415. The first-order valence-corrected chi connectivity index (χ1v) is 6.86. The molecule has 3 heteroatoms. The highest BCUT2D eigenvalue weighted by molar-refractivity contribution is 6.31. The minimum Gasteiger partial charge on any atom is -0.497 e. The SMILES string of the molecule is COc1ccc(-c2cc(Cl)cc3c2NCCC3)cc1. The summed E-state index contributed by atoms with van der Waals surface area (Å²) in [6, 6.07) is 12.2. The van der Waals surface area contributed by atoms with E-state index in [1.165, 1.54) is 16.8 Å². The highest BCUT2D eigenvalue weighted by atomic mass is 35.5. The molecule has 2 aromatic rings. The number of methoxy groups -OCH3 is 1. The third kappa shape index (κ3) is 2.41. The van der Waals surface area contributed by atoms with Crippen LogP contribution in [0.5, 0.6) is 5.75 Å². The molecule has 98 valence electrons. The fraction of sp³-hybridized carbons (Fsp3) is 0.250. The summed E-state index contributed by atoms with van der Waals surface area (Å²) >= 11 is 6.24. The molecule has 1 N–H and O–H groups in total. The van der Waals surface area contributed by atoms with Crippen molar-refractivity contribution < 1.29 is 4.74 Å². The van der Waals surface area contributed by atoms with E-state index in [1.54, 1.807) is 7.11 Å². The van der Waals surface area contributed by atoms with Gasteiger partial charge >= 0.3 is 0 Å². The van der Waals surface area contributed by atoms with Crippen molar-refractivity contribution in [3.05, 3.63) is 47.0 Å². The number of rotatable bonds is 2. The first-order chi connectivity index (χ1) is 9.28. The molecule has 0 saturated carbocycles. The molecule has 3 rings (SSSR count). The fourth-order valence-corrected chi connectivity index (χ4v) is 2.80. The number of benzene rings is 2. The molecule has 0 unspecified atom stereocenters. The standard InChI is InChI=1S/C16H16ClNO/c1-19-14-6-4-11(5-7-14)15-10-13(17)9-12-3-2-8-18-16(12)15/h4-7,9-10,18H,2-3,8H2,1H3. The van der Waals surface area contributed by atoms with Crippen LogP contribution < -0.4 is 10.1 Å². The monoisotopic (exact) mass is 273 g/mol. The van der Waals surface area contributed by atoms with Gasteiger partial charge in [0.15, 0.2) is 0 Å². The number of hydrogen-bond donors (Lipinski definition) is 1. The van der Waals surface area contributed by atoms with Gasteiger partial charge in [0.05, 0.1) is 7.11 Å². The summed E-state index contributed by atoms with van der Waals surface area (Å²) < 4.78 is 5.20. The van der Waals surface area contributed by atoms with Crippen LogP contribution in [-0.4, -0.2) is 13.7 Å². The van der Waals surface area contributed by atoms with Crippen molar-refractivity contribution >= 4 is 17.3 Å². The van der Waals surface area contributed by atoms with E-state index >= 15 is 0 Å². The minimum absolute atomic E-state index is 0.799. The summed E-state index contributed by atoms with van der Waals surface area (Å²) in [4.78, 5) is 0. The molecule has 0 aliphatic carbocycles. The van der Waals surface area contributed by atoms with Gasteiger partial charge in [-0.15, -0.1) is 0 Å². The minimum atomic E-state index is 0.799. The van der Waals surface area contributed by atoms with E-state index in [0.29, 0.717) is 0 Å². The van der Waals surface area contributed by atoms with E-state index in [0.717, 1.165) is 35.7 Å². The van der Waals surface area contributed by atoms with Gasteiger partial charge in [0.25, 0.3) is 0 Å². The van der Waals surface area contributed by atoms with Gasteiger partial charge < -0.3 is 10.1 Å². The van der Waals surface area contributed by atoms with Crippen molar-refractivity contribution in [2.75, 3.05) is 19.0 Å². The largest absolute Gasteiger partial charge is 0.497 e. The molecule has 0 aromatic heterocycles. The number of halogens is 1. The zero-order chi connectivity index (χ0) is 13.2. The second-order valence-corrected chi connectivity index (χ2v) is 5.18. The maximum atomic E-state index is 6.24. The van der Waals surface area contributed by atoms with Crippen molar-refractivity contribution in [1.29, 1.82) is 0 Å². The van der Waals surface area contributed by atoms with E-state index in [1.807, 2.05) is 18.2 Å². The topological polar surface area (TPSA) is 21.3 Å². The second kappa shape index (κ2) is 5.14. The quantitative estimate of drug-likeness (QED) is 0.877. The second-order valence-electron chi connectivity index (χ2n) is 4.75. The van der Waals surface area contributed by atoms with Crippen LogP contribution in [0, 0.1) is 0 Å². The highest BCUT2D eigenvalue weighted by Gasteiger charge is 2.15. The first kappa shape index (κ1) is 12.4. The van der Waals surface area contributed by atoms with Crippen LogP contribution in [0.1, 0.15) is 12.0 Å². The third-order valence-electron chi connectivity index (χ3n) is 3.51. The Bertz CT molecular complexity index is 592. The Morgan fingerprint density at radius 3 is 2.68 bits per heavy atom. The van der Waals surface area contributed by atoms with E-state index in [4.69, 9.17) is 16.3 Å². The molecule has 2 nitrogen and oxygen atoms in total. The fourth-order valence-electron chi connectivity index (χ4n) is 2.56. The molecule has 1 aliphatic rings. The molecule has 19 heavy (non-hydrogen) atoms. The van der Waals surface area contributed by atoms with Gasteiger partial charge in [-0.3, -0.25) is 0 Å². The molecule has 1 aliphatic heterocycles. The zero-order valence-electron chi connectivity index (χ0n) is 10.9. The van der Waals surface area contributed by atoms with Gasteiger partial charge in [-0.2, -0.15) is 0 Å². The van der Waals surface area contributed by atoms with Crippen LogP contribution >= 0.6 is 11.6 Å². The average Bonchev–Trinajstić information content (AvgIpc) is 2.46. The smallest absolute Gasteiger partial charge is 0.118 e. The number of nitrogens with one attached hydrogen (secondary N) is 1. The van der Waals surface area contributed by atoms with Crippen LogP contribution in [-0.2, 0) is 6.42 Å². The first-order valence-electron chi connectivity index (χ1n) is 6.48. The van der Waals surface area contributed by atoms with Crippen LogP contribution in [0.4, 0.5) is 5.69 Å². The Kier molecular flexibility index (Phi) is 3.34. The van der Waals surface area contributed by atoms with Crippen molar-refractivity contribution in [2.24, 2.45) is 0 Å². The van der Waals surface area contributed by atoms with Crippen molar-refractivity contribution in [1.82, 2.24) is 0 Å². The molecular formula is C16H16ClNO. The van der Waals surface area contributed by atoms with Crippen LogP contribution in [0.25, 0.3) is 11.1 Å². The van der Waals surface area contributed by atoms with E-state index < -0.39 is 0 Å². The Hall–Kier alpha value is -1.67. The third-order valence-corrected chi connectivity index (χ3v) is 3.73. The molecule has 0 saturated heterocycles. The Morgan fingerprint density at radius 1 is 1.16 bits per heavy atom. The molecule has 0 atom stereocenters. The summed E-state index contributed by atoms with van der Waals surface area (Å²) in [7, 11) is 1.68. The molecule has 0 fully saturated rings. The summed E-state index contributed by atoms with van der Waals surface area (Å²) in [6.45, 7) is 1.03. The number of anilines is 1. The summed E-state index contributed by atoms with van der Waals surface area (Å²) in [6.07, 6.45) is 2.25. The summed E-state index contributed by atoms with van der Waals surface area (Å²) in [5, 5.41) is 4.29. The Balaban J connectivity index is 2.10. The zero-order valence-corrected chi connectivity index (χ0v) is 11.6. The van der Waals surface area contributed by atoms with Gasteiger partial charge in [-0.05, 0) is 48.2 Å². The molecule has 2 aromatic carbocycles. The van der Waals surface area contributed by atoms with Crippen LogP contribution in [0.15, 0.2) is 36.4 Å². The number of ether oxygens (including phenoxy) is 1. The number of hydrogen-bond acceptors (Lipinski definition) is 2. The van der Waals surface area contributed by atoms with Crippen LogP contribution in [0.3, 0.4) is 0 Å². The van der Waals surface area contributed by atoms with Crippen molar-refractivity contribution in [2.45, 2.75) is 12.8 Å². The highest BCUT2D eigenvalue weighted by Crippen LogP contribution is 2.37. The number of fused-ring (bicyclic) bond motifs is 1. The maximum Gasteiger partial charge on any atom is 0.118 e. The lowest BCUT2D eigenvalue weighted by Crippen LogP contribution is -2.12. The maximum absolute atomic E-state index is 6.24. The lowest BCUT2D eigenvalue weighted by atomic mass is 9.95. The lowest BCUT2D eigenvalue weighted by Gasteiger charge is -2.22. The molecule has 1 heterocycles. The van der Waals surface area contributed by atoms with Gasteiger partial charge in [-0.1, -0.05) is 23.7 Å². The van der Waals surface area contributed by atoms with Gasteiger partial charge in [0.1, 0.15) is 5.75 Å². The molecule has 0 radical (unpaired) electrons. The predicted molar refractivity (Wildman–Crippen MR) is 80.3 cm³/mol. The van der Waals surface area contributed by atoms with Crippen molar-refractivity contribution in [3.63, 3.8) is 0 Å². The van der Waals surface area contributed by atoms with Crippen molar-refractivity contribution in [3.8, 4) is 16.9 Å². The molecule has 0 amide bonds. The Labute approximate surface area is 118 Å². The van der Waals surface area contributed by atoms with Crippen LogP contribution in [0.2, 0.25) is 5.02 Å². The Morgan fingerprint density at radius 2 is 1.95 bits per heavy atom.